The molecule has 6 rings (SSSR count). The number of piperidine rings is 2. The highest BCUT2D eigenvalue weighted by Crippen LogP contribution is 2.27. The topological polar surface area (TPSA) is 86.3 Å². The van der Waals surface area contributed by atoms with Gasteiger partial charge in [0.25, 0.3) is 5.91 Å². The minimum atomic E-state index is 0.000608. The molecule has 0 N–H and O–H groups in total. The van der Waals surface area contributed by atoms with Gasteiger partial charge in [0.15, 0.2) is 0 Å². The monoisotopic (exact) mass is 609 g/mol. The predicted molar refractivity (Wildman–Crippen MR) is 173 cm³/mol. The molecule has 0 atom stereocenters. The molecular weight excluding hydrogens is 566 g/mol. The molecule has 0 radical (unpaired) electrons. The van der Waals surface area contributed by atoms with Crippen LogP contribution in [-0.2, 0) is 14.3 Å². The van der Waals surface area contributed by atoms with E-state index in [-0.39, 0.29) is 30.2 Å². The highest BCUT2D eigenvalue weighted by molar-refractivity contribution is 5.96. The first-order valence-corrected chi connectivity index (χ1v) is 16.2. The molecule has 0 spiro atoms. The molecule has 0 bridgehead atoms. The van der Waals surface area contributed by atoms with Crippen molar-refractivity contribution < 1.29 is 19.1 Å². The second kappa shape index (κ2) is 14.3. The molecule has 3 aliphatic rings. The molecular formula is C36H43N5O4. The van der Waals surface area contributed by atoms with Gasteiger partial charge in [0, 0.05) is 88.1 Å². The van der Waals surface area contributed by atoms with Gasteiger partial charge in [-0.2, -0.15) is 0 Å². The van der Waals surface area contributed by atoms with E-state index >= 15 is 0 Å². The number of amides is 3. The maximum atomic E-state index is 13.8. The second-order valence-electron chi connectivity index (χ2n) is 12.3. The number of benzene rings is 2. The summed E-state index contributed by atoms with van der Waals surface area (Å²) < 4.78 is 4.97. The van der Waals surface area contributed by atoms with E-state index in [1.165, 1.54) is 7.11 Å². The van der Waals surface area contributed by atoms with Crippen molar-refractivity contribution in [3.8, 4) is 22.5 Å². The number of aromatic nitrogens is 1. The van der Waals surface area contributed by atoms with Crippen LogP contribution in [0.4, 0.5) is 0 Å². The first-order valence-electron chi connectivity index (χ1n) is 16.2. The molecule has 9 nitrogen and oxygen atoms in total. The van der Waals surface area contributed by atoms with Gasteiger partial charge in [-0.3, -0.25) is 19.3 Å². The number of nitrogens with zero attached hydrogens (tertiary/aromatic N) is 5. The third kappa shape index (κ3) is 7.26. The molecule has 0 unspecified atom stereocenters. The second-order valence-corrected chi connectivity index (χ2v) is 12.3. The summed E-state index contributed by atoms with van der Waals surface area (Å²) in [5.41, 5.74) is 4.23. The van der Waals surface area contributed by atoms with Crippen molar-refractivity contribution in [3.63, 3.8) is 0 Å². The van der Waals surface area contributed by atoms with Gasteiger partial charge in [-0.15, -0.1) is 0 Å². The molecule has 45 heavy (non-hydrogen) atoms. The Morgan fingerprint density at radius 1 is 0.689 bits per heavy atom. The molecule has 3 aliphatic heterocycles. The van der Waals surface area contributed by atoms with E-state index in [0.717, 1.165) is 74.4 Å². The van der Waals surface area contributed by atoms with E-state index in [1.54, 1.807) is 0 Å². The molecule has 4 heterocycles. The lowest BCUT2D eigenvalue weighted by molar-refractivity contribution is -0.143. The van der Waals surface area contributed by atoms with Crippen LogP contribution in [0.1, 0.15) is 36.0 Å². The lowest BCUT2D eigenvalue weighted by atomic mass is 9.93. The van der Waals surface area contributed by atoms with Crippen molar-refractivity contribution in [2.45, 2.75) is 31.7 Å². The fourth-order valence-electron chi connectivity index (χ4n) is 6.94. The van der Waals surface area contributed by atoms with Crippen LogP contribution >= 0.6 is 0 Å². The Kier molecular flexibility index (Phi) is 9.86. The number of hydrogen-bond acceptors (Lipinski definition) is 6. The van der Waals surface area contributed by atoms with E-state index in [1.807, 2.05) is 87.5 Å². The number of piperazine rings is 1. The number of hydrogen-bond donors (Lipinski definition) is 0. The van der Waals surface area contributed by atoms with Crippen LogP contribution in [0.2, 0.25) is 0 Å². The molecule has 3 saturated heterocycles. The normalized spacial score (nSPS) is 18.6. The summed E-state index contributed by atoms with van der Waals surface area (Å²) in [6.45, 7) is 5.92. The Morgan fingerprint density at radius 2 is 1.22 bits per heavy atom. The maximum Gasteiger partial charge on any atom is 0.254 e. The van der Waals surface area contributed by atoms with Crippen molar-refractivity contribution in [2.24, 2.45) is 5.92 Å². The van der Waals surface area contributed by atoms with Crippen molar-refractivity contribution >= 4 is 17.7 Å². The van der Waals surface area contributed by atoms with Crippen molar-refractivity contribution in [2.75, 3.05) is 66.1 Å². The number of likely N-dealkylation sites (tertiary alicyclic amines) is 2. The smallest absolute Gasteiger partial charge is 0.254 e. The first-order chi connectivity index (χ1) is 22.0. The average molecular weight is 610 g/mol. The van der Waals surface area contributed by atoms with Crippen LogP contribution < -0.4 is 0 Å². The minimum absolute atomic E-state index is 0.000608. The minimum Gasteiger partial charge on any atom is -0.375 e. The Labute approximate surface area is 265 Å². The lowest BCUT2D eigenvalue weighted by Gasteiger charge is -2.43. The zero-order valence-corrected chi connectivity index (χ0v) is 26.1. The van der Waals surface area contributed by atoms with E-state index in [2.05, 4.69) is 4.90 Å². The zero-order chi connectivity index (χ0) is 31.2. The summed E-state index contributed by atoms with van der Waals surface area (Å²) in [7, 11) is 1.53. The first kappa shape index (κ1) is 30.9. The van der Waals surface area contributed by atoms with Crippen molar-refractivity contribution in [1.29, 1.82) is 0 Å². The van der Waals surface area contributed by atoms with Gasteiger partial charge in [-0.25, -0.2) is 4.98 Å². The number of carbonyl (C=O) groups excluding carboxylic acids is 3. The standard InChI is InChI=1S/C36H43N5O4/c1-45-26-34(42)39-16-12-29(13-17-39)35(43)40-18-14-31(15-19-40)38-20-22-41(23-21-38)36(44)30-24-32(27-8-4-2-5-9-27)37-33(25-30)28-10-6-3-7-11-28/h2-11,24-25,29,31H,12-23,26H2,1H3. The highest BCUT2D eigenvalue weighted by atomic mass is 16.5. The molecule has 2 aromatic carbocycles. The van der Waals surface area contributed by atoms with Gasteiger partial charge in [-0.1, -0.05) is 60.7 Å². The summed E-state index contributed by atoms with van der Waals surface area (Å²) in [6, 6.07) is 24.3. The van der Waals surface area contributed by atoms with Crippen LogP contribution in [0.3, 0.4) is 0 Å². The van der Waals surface area contributed by atoms with Gasteiger partial charge in [0.1, 0.15) is 6.61 Å². The van der Waals surface area contributed by atoms with E-state index in [0.29, 0.717) is 37.8 Å². The number of carbonyl (C=O) groups is 3. The molecule has 3 aromatic rings. The van der Waals surface area contributed by atoms with E-state index in [4.69, 9.17) is 9.72 Å². The summed E-state index contributed by atoms with van der Waals surface area (Å²) in [5, 5.41) is 0. The summed E-state index contributed by atoms with van der Waals surface area (Å²) >= 11 is 0. The predicted octanol–water partition coefficient (Wildman–Crippen LogP) is 4.05. The van der Waals surface area contributed by atoms with Crippen molar-refractivity contribution in [1.82, 2.24) is 24.6 Å². The van der Waals surface area contributed by atoms with Gasteiger partial charge in [0.2, 0.25) is 11.8 Å². The SMILES string of the molecule is COCC(=O)N1CCC(C(=O)N2CCC(N3CCN(C(=O)c4cc(-c5ccccc5)nc(-c5ccccc5)c4)CC3)CC2)CC1. The van der Waals surface area contributed by atoms with Gasteiger partial charge in [0.05, 0.1) is 11.4 Å². The Balaban J connectivity index is 1.03. The summed E-state index contributed by atoms with van der Waals surface area (Å²) in [5.74, 6) is 0.285. The third-order valence-electron chi connectivity index (χ3n) is 9.57. The molecule has 0 aliphatic carbocycles. The Morgan fingerprint density at radius 3 is 1.76 bits per heavy atom. The summed E-state index contributed by atoms with van der Waals surface area (Å²) in [4.78, 5) is 52.4. The maximum absolute atomic E-state index is 13.8. The average Bonchev–Trinajstić information content (AvgIpc) is 3.12. The van der Waals surface area contributed by atoms with Crippen molar-refractivity contribution in [3.05, 3.63) is 78.4 Å². The number of ether oxygens (including phenoxy) is 1. The molecule has 0 saturated carbocycles. The largest absolute Gasteiger partial charge is 0.375 e. The highest BCUT2D eigenvalue weighted by Gasteiger charge is 2.34. The van der Waals surface area contributed by atoms with Gasteiger partial charge in [-0.05, 0) is 37.8 Å². The summed E-state index contributed by atoms with van der Waals surface area (Å²) in [6.07, 6.45) is 3.36. The molecule has 3 amide bonds. The van der Waals surface area contributed by atoms with Crippen LogP contribution in [0, 0.1) is 5.92 Å². The fraction of sp³-hybridized carbons (Fsp3) is 0.444. The number of rotatable bonds is 7. The molecule has 1 aromatic heterocycles. The van der Waals surface area contributed by atoms with Gasteiger partial charge < -0.3 is 19.4 Å². The van der Waals surface area contributed by atoms with Crippen LogP contribution in [0.5, 0.6) is 0 Å². The van der Waals surface area contributed by atoms with Crippen LogP contribution in [0.15, 0.2) is 72.8 Å². The molecule has 3 fully saturated rings. The lowest BCUT2D eigenvalue weighted by Crippen LogP contribution is -2.55. The quantitative estimate of drug-likeness (QED) is 0.402. The fourth-order valence-corrected chi connectivity index (χ4v) is 6.94. The number of pyridine rings is 1. The van der Waals surface area contributed by atoms with Crippen LogP contribution in [0.25, 0.3) is 22.5 Å². The Bertz CT molecular complexity index is 1400. The Hall–Kier alpha value is -4.08. The third-order valence-corrected chi connectivity index (χ3v) is 9.57. The van der Waals surface area contributed by atoms with Gasteiger partial charge >= 0.3 is 0 Å². The van der Waals surface area contributed by atoms with Crippen LogP contribution in [-0.4, -0.2) is 114 Å². The van der Waals surface area contributed by atoms with E-state index < -0.39 is 0 Å². The number of methoxy groups -OCH3 is 1. The zero-order valence-electron chi connectivity index (χ0n) is 26.1. The molecule has 9 heteroatoms. The molecule has 236 valence electrons. The van der Waals surface area contributed by atoms with E-state index in [9.17, 15) is 14.4 Å².